The maximum absolute atomic E-state index is 12.2. The molecule has 3 nitrogen and oxygen atoms in total. The third kappa shape index (κ3) is 4.93. The average molecular weight is 396 g/mol. The lowest BCUT2D eigenvalue weighted by molar-refractivity contribution is 0.0885. The Hall–Kier alpha value is -0.330. The zero-order valence-corrected chi connectivity index (χ0v) is 14.2. The van der Waals surface area contributed by atoms with Crippen LogP contribution < -0.4 is 5.32 Å². The van der Waals surface area contributed by atoms with Crippen LogP contribution in [0.5, 0.6) is 0 Å². The molecule has 0 aliphatic carbocycles. The Bertz CT molecular complexity index is 457. The average Bonchev–Trinajstić information content (AvgIpc) is 2.30. The van der Waals surface area contributed by atoms with Crippen molar-refractivity contribution >= 4 is 40.1 Å². The van der Waals surface area contributed by atoms with E-state index in [2.05, 4.69) is 27.9 Å². The van der Waals surface area contributed by atoms with E-state index in [9.17, 15) is 4.79 Å². The fraction of sp³-hybridized carbons (Fsp3) is 0.500. The Balaban J connectivity index is 2.84. The second-order valence-corrected chi connectivity index (χ2v) is 7.10. The summed E-state index contributed by atoms with van der Waals surface area (Å²) in [6, 6.07) is 5.15. The lowest BCUT2D eigenvalue weighted by atomic mass is 9.85. The molecular weight excluding hydrogens is 377 g/mol. The molecule has 0 aliphatic rings. The summed E-state index contributed by atoms with van der Waals surface area (Å²) in [4.78, 5) is 12.2. The van der Waals surface area contributed by atoms with Gasteiger partial charge in [0.05, 0.1) is 5.02 Å². The van der Waals surface area contributed by atoms with Crippen molar-refractivity contribution in [2.24, 2.45) is 5.41 Å². The zero-order chi connectivity index (χ0) is 14.6. The minimum Gasteiger partial charge on any atom is -0.396 e. The molecule has 2 N–H and O–H groups in total. The van der Waals surface area contributed by atoms with Gasteiger partial charge in [0.15, 0.2) is 0 Å². The van der Waals surface area contributed by atoms with Crippen LogP contribution in [0.1, 0.15) is 37.6 Å². The summed E-state index contributed by atoms with van der Waals surface area (Å²) in [5, 5.41) is 12.6. The molecule has 0 bridgehead atoms. The summed E-state index contributed by atoms with van der Waals surface area (Å²) in [5.41, 5.74) is 0.434. The number of carbonyl (C=O) groups excluding carboxylic acids is 1. The van der Waals surface area contributed by atoms with Crippen molar-refractivity contribution in [3.05, 3.63) is 32.4 Å². The molecule has 1 amide bonds. The molecule has 0 saturated carbocycles. The van der Waals surface area contributed by atoms with Gasteiger partial charge in [-0.25, -0.2) is 0 Å². The van der Waals surface area contributed by atoms with Gasteiger partial charge < -0.3 is 10.4 Å². The van der Waals surface area contributed by atoms with E-state index in [-0.39, 0.29) is 24.0 Å². The van der Waals surface area contributed by atoms with E-state index in [4.69, 9.17) is 16.7 Å². The van der Waals surface area contributed by atoms with Crippen molar-refractivity contribution < 1.29 is 9.90 Å². The van der Waals surface area contributed by atoms with E-state index in [0.717, 1.165) is 3.57 Å². The van der Waals surface area contributed by atoms with Crippen molar-refractivity contribution in [2.45, 2.75) is 33.2 Å². The summed E-state index contributed by atoms with van der Waals surface area (Å²) in [6.45, 7) is 6.16. The summed E-state index contributed by atoms with van der Waals surface area (Å²) in [7, 11) is 0. The summed E-state index contributed by atoms with van der Waals surface area (Å²) >= 11 is 8.14. The third-order valence-corrected chi connectivity index (χ3v) is 4.52. The first kappa shape index (κ1) is 16.7. The molecule has 0 radical (unpaired) electrons. The monoisotopic (exact) mass is 395 g/mol. The van der Waals surface area contributed by atoms with Gasteiger partial charge in [-0.05, 0) is 52.6 Å². The predicted octanol–water partition coefficient (Wildman–Crippen LogP) is 3.47. The second kappa shape index (κ2) is 6.90. The quantitative estimate of drug-likeness (QED) is 0.767. The van der Waals surface area contributed by atoms with Gasteiger partial charge in [-0.2, -0.15) is 0 Å². The fourth-order valence-electron chi connectivity index (χ4n) is 1.73. The minimum atomic E-state index is -0.160. The molecule has 1 unspecified atom stereocenters. The smallest absolute Gasteiger partial charge is 0.251 e. The van der Waals surface area contributed by atoms with Crippen LogP contribution in [0, 0.1) is 8.99 Å². The molecule has 0 fully saturated rings. The van der Waals surface area contributed by atoms with Gasteiger partial charge in [-0.15, -0.1) is 0 Å². The Kier molecular flexibility index (Phi) is 6.08. The SMILES string of the molecule is CC(C)(C)C(CCO)NC(=O)c1ccc(I)c(Cl)c1. The van der Waals surface area contributed by atoms with Crippen LogP contribution in [-0.2, 0) is 0 Å². The van der Waals surface area contributed by atoms with Crippen LogP contribution in [0.25, 0.3) is 0 Å². The molecule has 0 spiro atoms. The molecule has 0 aromatic heterocycles. The topological polar surface area (TPSA) is 49.3 Å². The lowest BCUT2D eigenvalue weighted by Crippen LogP contribution is -2.44. The van der Waals surface area contributed by atoms with Gasteiger partial charge in [0.25, 0.3) is 5.91 Å². The first-order valence-electron chi connectivity index (χ1n) is 6.12. The molecule has 106 valence electrons. The van der Waals surface area contributed by atoms with E-state index in [0.29, 0.717) is 17.0 Å². The van der Waals surface area contributed by atoms with Gasteiger partial charge in [-0.3, -0.25) is 4.79 Å². The van der Waals surface area contributed by atoms with Gasteiger partial charge in [0.1, 0.15) is 0 Å². The Morgan fingerprint density at radius 2 is 2.11 bits per heavy atom. The molecule has 1 aromatic carbocycles. The highest BCUT2D eigenvalue weighted by Gasteiger charge is 2.26. The van der Waals surface area contributed by atoms with E-state index >= 15 is 0 Å². The normalized spacial score (nSPS) is 13.2. The van der Waals surface area contributed by atoms with Crippen LogP contribution in [0.2, 0.25) is 5.02 Å². The molecule has 0 heterocycles. The molecule has 1 atom stereocenters. The number of aliphatic hydroxyl groups excluding tert-OH is 1. The summed E-state index contributed by atoms with van der Waals surface area (Å²) < 4.78 is 0.915. The number of carbonyl (C=O) groups is 1. The van der Waals surface area contributed by atoms with Crippen molar-refractivity contribution in [3.63, 3.8) is 0 Å². The largest absolute Gasteiger partial charge is 0.396 e. The van der Waals surface area contributed by atoms with E-state index in [1.165, 1.54) is 0 Å². The second-order valence-electron chi connectivity index (χ2n) is 5.53. The molecule has 0 aliphatic heterocycles. The van der Waals surface area contributed by atoms with Crippen molar-refractivity contribution in [1.29, 1.82) is 0 Å². The molecule has 1 aromatic rings. The molecule has 19 heavy (non-hydrogen) atoms. The molecule has 0 saturated heterocycles. The summed E-state index contributed by atoms with van der Waals surface area (Å²) in [5.74, 6) is -0.160. The van der Waals surface area contributed by atoms with Crippen LogP contribution >= 0.6 is 34.2 Å². The van der Waals surface area contributed by atoms with Gasteiger partial charge in [0.2, 0.25) is 0 Å². The Morgan fingerprint density at radius 1 is 1.47 bits per heavy atom. The maximum atomic E-state index is 12.2. The Morgan fingerprint density at radius 3 is 2.58 bits per heavy atom. The van der Waals surface area contributed by atoms with E-state index in [1.54, 1.807) is 12.1 Å². The number of nitrogens with one attached hydrogen (secondary N) is 1. The van der Waals surface area contributed by atoms with Gasteiger partial charge in [-0.1, -0.05) is 32.4 Å². The number of hydrogen-bond acceptors (Lipinski definition) is 2. The zero-order valence-electron chi connectivity index (χ0n) is 11.3. The highest BCUT2D eigenvalue weighted by atomic mass is 127. The molecule has 5 heteroatoms. The number of halogens is 2. The van der Waals surface area contributed by atoms with Crippen LogP contribution in [-0.4, -0.2) is 23.7 Å². The van der Waals surface area contributed by atoms with Gasteiger partial charge >= 0.3 is 0 Å². The highest BCUT2D eigenvalue weighted by molar-refractivity contribution is 14.1. The van der Waals surface area contributed by atoms with Crippen LogP contribution in [0.3, 0.4) is 0 Å². The number of benzene rings is 1. The number of rotatable bonds is 4. The maximum Gasteiger partial charge on any atom is 0.251 e. The van der Waals surface area contributed by atoms with Crippen molar-refractivity contribution in [3.8, 4) is 0 Å². The predicted molar refractivity (Wildman–Crippen MR) is 86.6 cm³/mol. The first-order chi connectivity index (χ1) is 8.75. The van der Waals surface area contributed by atoms with Crippen LogP contribution in [0.15, 0.2) is 18.2 Å². The van der Waals surface area contributed by atoms with Gasteiger partial charge in [0, 0.05) is 21.8 Å². The highest BCUT2D eigenvalue weighted by Crippen LogP contribution is 2.23. The number of aliphatic hydroxyl groups is 1. The fourth-order valence-corrected chi connectivity index (χ4v) is 2.25. The molecular formula is C14H19ClINO2. The van der Waals surface area contributed by atoms with Crippen molar-refractivity contribution in [1.82, 2.24) is 5.32 Å². The third-order valence-electron chi connectivity index (χ3n) is 2.95. The van der Waals surface area contributed by atoms with Crippen LogP contribution in [0.4, 0.5) is 0 Å². The van der Waals surface area contributed by atoms with E-state index in [1.807, 2.05) is 26.8 Å². The van der Waals surface area contributed by atoms with Crippen molar-refractivity contribution in [2.75, 3.05) is 6.61 Å². The summed E-state index contributed by atoms with van der Waals surface area (Å²) in [6.07, 6.45) is 0.535. The lowest BCUT2D eigenvalue weighted by Gasteiger charge is -2.31. The standard InChI is InChI=1S/C14H19ClINO2/c1-14(2,3)12(6-7-18)17-13(19)9-4-5-11(16)10(15)8-9/h4-5,8,12,18H,6-7H2,1-3H3,(H,17,19). The van der Waals surface area contributed by atoms with E-state index < -0.39 is 0 Å². The Labute approximate surface area is 132 Å². The molecule has 1 rings (SSSR count). The number of amides is 1. The first-order valence-corrected chi connectivity index (χ1v) is 7.58. The minimum absolute atomic E-state index is 0.0513. The number of hydrogen-bond donors (Lipinski definition) is 2.